The number of carbonyl (C=O) groups excluding carboxylic acids is 2. The maximum atomic E-state index is 12.2. The topological polar surface area (TPSA) is 61.9 Å². The van der Waals surface area contributed by atoms with Crippen LogP contribution in [0.25, 0.3) is 0 Å². The molecule has 1 heterocycles. The number of amides is 1. The van der Waals surface area contributed by atoms with Crippen molar-refractivity contribution in [2.75, 3.05) is 44.6 Å². The molecule has 0 radical (unpaired) electrons. The van der Waals surface area contributed by atoms with Crippen molar-refractivity contribution in [1.29, 1.82) is 0 Å². The minimum absolute atomic E-state index is 0. The zero-order chi connectivity index (χ0) is 21.2. The molecule has 1 fully saturated rings. The molecule has 1 amide bonds. The quantitative estimate of drug-likeness (QED) is 0.594. The van der Waals surface area contributed by atoms with E-state index in [4.69, 9.17) is 4.74 Å². The van der Waals surface area contributed by atoms with Gasteiger partial charge in [-0.15, -0.1) is 12.4 Å². The molecular formula is C24H32ClN3O3. The third kappa shape index (κ3) is 8.32. The Bertz CT molecular complexity index is 807. The average molecular weight is 446 g/mol. The Kier molecular flexibility index (Phi) is 10.5. The van der Waals surface area contributed by atoms with Crippen LogP contribution in [0, 0.1) is 0 Å². The van der Waals surface area contributed by atoms with Crippen molar-refractivity contribution in [3.05, 3.63) is 65.7 Å². The zero-order valence-corrected chi connectivity index (χ0v) is 18.9. The molecule has 168 valence electrons. The van der Waals surface area contributed by atoms with Crippen molar-refractivity contribution >= 4 is 30.0 Å². The molecule has 3 rings (SSSR count). The first kappa shape index (κ1) is 24.9. The number of anilines is 1. The van der Waals surface area contributed by atoms with E-state index in [9.17, 15) is 9.59 Å². The number of ether oxygens (including phenoxy) is 1. The predicted octanol–water partition coefficient (Wildman–Crippen LogP) is 3.82. The Labute approximate surface area is 191 Å². The summed E-state index contributed by atoms with van der Waals surface area (Å²) < 4.78 is 4.96. The molecule has 0 bridgehead atoms. The molecule has 31 heavy (non-hydrogen) atoms. The third-order valence-electron chi connectivity index (χ3n) is 5.27. The number of hydrogen-bond acceptors (Lipinski definition) is 5. The summed E-state index contributed by atoms with van der Waals surface area (Å²) in [5.74, 6) is -0.346. The lowest BCUT2D eigenvalue weighted by molar-refractivity contribution is -0.116. The number of rotatable bonds is 9. The highest BCUT2D eigenvalue weighted by molar-refractivity contribution is 5.93. The van der Waals surface area contributed by atoms with Crippen LogP contribution in [0.2, 0.25) is 0 Å². The third-order valence-corrected chi connectivity index (χ3v) is 5.27. The maximum Gasteiger partial charge on any atom is 0.338 e. The van der Waals surface area contributed by atoms with Gasteiger partial charge in [0.05, 0.1) is 12.2 Å². The minimum Gasteiger partial charge on any atom is -0.462 e. The smallest absolute Gasteiger partial charge is 0.338 e. The lowest BCUT2D eigenvalue weighted by Crippen LogP contribution is -2.46. The number of esters is 1. The first-order valence-electron chi connectivity index (χ1n) is 10.7. The van der Waals surface area contributed by atoms with Crippen LogP contribution in [0.1, 0.15) is 35.7 Å². The van der Waals surface area contributed by atoms with E-state index >= 15 is 0 Å². The van der Waals surface area contributed by atoms with Gasteiger partial charge in [0.1, 0.15) is 0 Å². The summed E-state index contributed by atoms with van der Waals surface area (Å²) in [7, 11) is 0. The van der Waals surface area contributed by atoms with Crippen LogP contribution in [0.4, 0.5) is 5.69 Å². The molecule has 0 atom stereocenters. The molecule has 0 aliphatic carbocycles. The summed E-state index contributed by atoms with van der Waals surface area (Å²) in [4.78, 5) is 28.8. The Balaban J connectivity index is 0.00000341. The van der Waals surface area contributed by atoms with E-state index < -0.39 is 0 Å². The van der Waals surface area contributed by atoms with Crippen molar-refractivity contribution in [3.63, 3.8) is 0 Å². The van der Waals surface area contributed by atoms with E-state index in [0.29, 0.717) is 24.3 Å². The second kappa shape index (κ2) is 13.1. The summed E-state index contributed by atoms with van der Waals surface area (Å²) >= 11 is 0. The molecule has 1 aliphatic heterocycles. The first-order valence-corrected chi connectivity index (χ1v) is 10.7. The number of benzene rings is 2. The fourth-order valence-electron chi connectivity index (χ4n) is 3.60. The second-order valence-corrected chi connectivity index (χ2v) is 7.55. The van der Waals surface area contributed by atoms with Crippen molar-refractivity contribution in [2.45, 2.75) is 26.3 Å². The van der Waals surface area contributed by atoms with E-state index in [1.165, 1.54) is 5.56 Å². The minimum atomic E-state index is -0.348. The van der Waals surface area contributed by atoms with Crippen LogP contribution in [-0.2, 0) is 16.1 Å². The molecule has 0 spiro atoms. The number of hydrogen-bond donors (Lipinski definition) is 1. The van der Waals surface area contributed by atoms with Gasteiger partial charge in [-0.25, -0.2) is 4.79 Å². The summed E-state index contributed by atoms with van der Waals surface area (Å²) in [6, 6.07) is 17.4. The lowest BCUT2D eigenvalue weighted by Gasteiger charge is -2.34. The Hall–Kier alpha value is -2.41. The van der Waals surface area contributed by atoms with Crippen molar-refractivity contribution in [3.8, 4) is 0 Å². The normalized spacial score (nSPS) is 14.5. The molecular weight excluding hydrogens is 414 g/mol. The van der Waals surface area contributed by atoms with Crippen LogP contribution >= 0.6 is 12.4 Å². The fraction of sp³-hybridized carbons (Fsp3) is 0.417. The number of nitrogens with zero attached hydrogens (tertiary/aromatic N) is 2. The Morgan fingerprint density at radius 2 is 1.58 bits per heavy atom. The van der Waals surface area contributed by atoms with Crippen molar-refractivity contribution in [1.82, 2.24) is 9.80 Å². The van der Waals surface area contributed by atoms with Crippen LogP contribution < -0.4 is 5.32 Å². The number of halogens is 1. The average Bonchev–Trinajstić information content (AvgIpc) is 2.76. The Morgan fingerprint density at radius 1 is 0.935 bits per heavy atom. The van der Waals surface area contributed by atoms with Gasteiger partial charge in [-0.05, 0) is 49.7 Å². The van der Waals surface area contributed by atoms with Gasteiger partial charge in [0.25, 0.3) is 0 Å². The predicted molar refractivity (Wildman–Crippen MR) is 126 cm³/mol. The summed E-state index contributed by atoms with van der Waals surface area (Å²) in [6.45, 7) is 8.28. The largest absolute Gasteiger partial charge is 0.462 e. The number of carbonyl (C=O) groups is 2. The summed E-state index contributed by atoms with van der Waals surface area (Å²) in [5, 5.41) is 2.89. The standard InChI is InChI=1S/C24H31N3O3.ClH/c1-2-30-24(29)21-10-12-22(13-11-21)25-23(28)9-6-14-26-15-17-27(18-16-26)19-20-7-4-3-5-8-20;/h3-5,7-8,10-13H,2,6,9,14-19H2,1H3,(H,25,28);1H. The zero-order valence-electron chi connectivity index (χ0n) is 18.1. The molecule has 0 aromatic heterocycles. The van der Waals surface area contributed by atoms with E-state index in [-0.39, 0.29) is 24.3 Å². The molecule has 2 aromatic rings. The molecule has 0 saturated carbocycles. The maximum absolute atomic E-state index is 12.2. The van der Waals surface area contributed by atoms with Gasteiger partial charge >= 0.3 is 5.97 Å². The second-order valence-electron chi connectivity index (χ2n) is 7.55. The van der Waals surface area contributed by atoms with Gasteiger partial charge in [0.15, 0.2) is 0 Å². The fourth-order valence-corrected chi connectivity index (χ4v) is 3.60. The highest BCUT2D eigenvalue weighted by Gasteiger charge is 2.17. The molecule has 1 saturated heterocycles. The van der Waals surface area contributed by atoms with E-state index in [1.807, 2.05) is 0 Å². The van der Waals surface area contributed by atoms with Gasteiger partial charge in [0, 0.05) is 44.8 Å². The van der Waals surface area contributed by atoms with E-state index in [2.05, 4.69) is 45.4 Å². The van der Waals surface area contributed by atoms with Gasteiger partial charge < -0.3 is 15.0 Å². The highest BCUT2D eigenvalue weighted by atomic mass is 35.5. The lowest BCUT2D eigenvalue weighted by atomic mass is 10.2. The van der Waals surface area contributed by atoms with Gasteiger partial charge in [-0.1, -0.05) is 30.3 Å². The van der Waals surface area contributed by atoms with Crippen LogP contribution in [-0.4, -0.2) is 61.0 Å². The van der Waals surface area contributed by atoms with Gasteiger partial charge in [-0.3, -0.25) is 9.69 Å². The van der Waals surface area contributed by atoms with Crippen LogP contribution in [0.15, 0.2) is 54.6 Å². The van der Waals surface area contributed by atoms with E-state index in [1.54, 1.807) is 31.2 Å². The molecule has 0 unspecified atom stereocenters. The van der Waals surface area contributed by atoms with Crippen LogP contribution in [0.3, 0.4) is 0 Å². The molecule has 2 aromatic carbocycles. The SMILES string of the molecule is CCOC(=O)c1ccc(NC(=O)CCCN2CCN(Cc3ccccc3)CC2)cc1.Cl. The highest BCUT2D eigenvalue weighted by Crippen LogP contribution is 2.12. The van der Waals surface area contributed by atoms with Crippen molar-refractivity contribution < 1.29 is 14.3 Å². The molecule has 1 aliphatic rings. The summed E-state index contributed by atoms with van der Waals surface area (Å²) in [5.41, 5.74) is 2.54. The van der Waals surface area contributed by atoms with Gasteiger partial charge in [0.2, 0.25) is 5.91 Å². The van der Waals surface area contributed by atoms with Gasteiger partial charge in [-0.2, -0.15) is 0 Å². The number of piperazine rings is 1. The monoisotopic (exact) mass is 445 g/mol. The first-order chi connectivity index (χ1) is 14.6. The summed E-state index contributed by atoms with van der Waals surface area (Å²) in [6.07, 6.45) is 1.33. The molecule has 6 nitrogen and oxygen atoms in total. The van der Waals surface area contributed by atoms with E-state index in [0.717, 1.165) is 45.7 Å². The number of nitrogens with one attached hydrogen (secondary N) is 1. The molecule has 1 N–H and O–H groups in total. The molecule has 7 heteroatoms. The van der Waals surface area contributed by atoms with Crippen LogP contribution in [0.5, 0.6) is 0 Å². The Morgan fingerprint density at radius 3 is 2.23 bits per heavy atom. The van der Waals surface area contributed by atoms with Crippen molar-refractivity contribution in [2.24, 2.45) is 0 Å².